The number of aryl methyl sites for hydroxylation is 1. The number of hydrogen-bond acceptors (Lipinski definition) is 2. The van der Waals surface area contributed by atoms with Crippen molar-refractivity contribution < 1.29 is 4.39 Å². The number of nitrogens with zero attached hydrogens (tertiary/aromatic N) is 2. The van der Waals surface area contributed by atoms with Crippen LogP contribution in [0.5, 0.6) is 0 Å². The normalized spacial score (nSPS) is 19.1. The molecule has 2 aromatic rings. The molecule has 2 N–H and O–H groups in total. The van der Waals surface area contributed by atoms with Crippen molar-refractivity contribution in [1.82, 2.24) is 9.78 Å². The Morgan fingerprint density at radius 2 is 2.06 bits per heavy atom. The van der Waals surface area contributed by atoms with Crippen LogP contribution in [0.4, 0.5) is 4.39 Å². The van der Waals surface area contributed by atoms with E-state index in [0.29, 0.717) is 0 Å². The van der Waals surface area contributed by atoms with Crippen LogP contribution in [0.2, 0.25) is 0 Å². The van der Waals surface area contributed by atoms with Crippen LogP contribution in [0.25, 0.3) is 5.69 Å². The summed E-state index contributed by atoms with van der Waals surface area (Å²) >= 11 is 0. The number of rotatable bonds is 1. The fourth-order valence-corrected chi connectivity index (χ4v) is 2.42. The smallest absolute Gasteiger partial charge is 0.123 e. The van der Waals surface area contributed by atoms with Crippen molar-refractivity contribution in [3.05, 3.63) is 47.5 Å². The van der Waals surface area contributed by atoms with Crippen LogP contribution in [0.3, 0.4) is 0 Å². The van der Waals surface area contributed by atoms with Crippen LogP contribution in [-0.4, -0.2) is 9.78 Å². The van der Waals surface area contributed by atoms with E-state index in [9.17, 15) is 4.39 Å². The second-order valence-corrected chi connectivity index (χ2v) is 4.44. The summed E-state index contributed by atoms with van der Waals surface area (Å²) < 4.78 is 14.7. The van der Waals surface area contributed by atoms with Gasteiger partial charge in [-0.25, -0.2) is 9.07 Å². The Labute approximate surface area is 99.1 Å². The zero-order valence-corrected chi connectivity index (χ0v) is 9.44. The van der Waals surface area contributed by atoms with Crippen LogP contribution in [-0.2, 0) is 6.42 Å². The van der Waals surface area contributed by atoms with Gasteiger partial charge in [0.2, 0.25) is 0 Å². The van der Waals surface area contributed by atoms with Crippen molar-refractivity contribution in [3.63, 3.8) is 0 Å². The number of nitrogens with two attached hydrogens (primary N) is 1. The highest BCUT2D eigenvalue weighted by molar-refractivity contribution is 5.37. The topological polar surface area (TPSA) is 43.8 Å². The van der Waals surface area contributed by atoms with Crippen LogP contribution in [0.1, 0.15) is 30.1 Å². The van der Waals surface area contributed by atoms with Gasteiger partial charge in [0.1, 0.15) is 5.82 Å². The summed E-state index contributed by atoms with van der Waals surface area (Å²) in [4.78, 5) is 0. The molecule has 1 unspecified atom stereocenters. The molecule has 0 bridgehead atoms. The first kappa shape index (κ1) is 10.5. The van der Waals surface area contributed by atoms with Crippen LogP contribution >= 0.6 is 0 Å². The lowest BCUT2D eigenvalue weighted by molar-refractivity contribution is 0.542. The van der Waals surface area contributed by atoms with E-state index in [0.717, 1.165) is 30.6 Å². The van der Waals surface area contributed by atoms with Crippen LogP contribution in [0.15, 0.2) is 30.5 Å². The van der Waals surface area contributed by atoms with E-state index < -0.39 is 0 Å². The van der Waals surface area contributed by atoms with Gasteiger partial charge < -0.3 is 5.73 Å². The Morgan fingerprint density at radius 3 is 2.82 bits per heavy atom. The first-order valence-electron chi connectivity index (χ1n) is 5.84. The highest BCUT2D eigenvalue weighted by atomic mass is 19.1. The largest absolute Gasteiger partial charge is 0.323 e. The summed E-state index contributed by atoms with van der Waals surface area (Å²) in [5.74, 6) is -0.237. The molecule has 0 aliphatic heterocycles. The number of benzene rings is 1. The monoisotopic (exact) mass is 231 g/mol. The van der Waals surface area contributed by atoms with Crippen molar-refractivity contribution >= 4 is 0 Å². The molecule has 1 atom stereocenters. The van der Waals surface area contributed by atoms with E-state index >= 15 is 0 Å². The minimum Gasteiger partial charge on any atom is -0.323 e. The fourth-order valence-electron chi connectivity index (χ4n) is 2.42. The predicted octanol–water partition coefficient (Wildman–Crippen LogP) is 2.35. The lowest BCUT2D eigenvalue weighted by Gasteiger charge is -2.20. The van der Waals surface area contributed by atoms with E-state index in [2.05, 4.69) is 5.10 Å². The Hall–Kier alpha value is -1.68. The summed E-state index contributed by atoms with van der Waals surface area (Å²) in [5.41, 5.74) is 9.28. The molecular weight excluding hydrogens is 217 g/mol. The molecule has 88 valence electrons. The molecule has 3 nitrogen and oxygen atoms in total. The second kappa shape index (κ2) is 3.96. The van der Waals surface area contributed by atoms with Crippen molar-refractivity contribution in [2.75, 3.05) is 0 Å². The summed E-state index contributed by atoms with van der Waals surface area (Å²) in [6, 6.07) is 6.37. The minimum atomic E-state index is -0.237. The lowest BCUT2D eigenvalue weighted by Crippen LogP contribution is -2.20. The van der Waals surface area contributed by atoms with Gasteiger partial charge in [-0.1, -0.05) is 0 Å². The third-order valence-corrected chi connectivity index (χ3v) is 3.27. The number of aromatic nitrogens is 2. The molecule has 3 rings (SSSR count). The van der Waals surface area contributed by atoms with Crippen molar-refractivity contribution in [2.45, 2.75) is 25.3 Å². The first-order chi connectivity index (χ1) is 8.25. The van der Waals surface area contributed by atoms with Gasteiger partial charge in [0.15, 0.2) is 0 Å². The predicted molar refractivity (Wildman–Crippen MR) is 63.4 cm³/mol. The van der Waals surface area contributed by atoms with E-state index in [1.54, 1.807) is 12.1 Å². The molecule has 0 saturated heterocycles. The summed E-state index contributed by atoms with van der Waals surface area (Å²) in [7, 11) is 0. The fraction of sp³-hybridized carbons (Fsp3) is 0.308. The Balaban J connectivity index is 2.09. The average Bonchev–Trinajstić information content (AvgIpc) is 2.75. The molecule has 0 spiro atoms. The molecule has 0 radical (unpaired) electrons. The molecule has 17 heavy (non-hydrogen) atoms. The number of fused-ring (bicyclic) bond motifs is 1. The Morgan fingerprint density at radius 1 is 1.29 bits per heavy atom. The summed E-state index contributed by atoms with van der Waals surface area (Å²) in [5, 5.41) is 4.36. The molecule has 1 aliphatic rings. The van der Waals surface area contributed by atoms with Gasteiger partial charge in [0, 0.05) is 6.04 Å². The van der Waals surface area contributed by atoms with E-state index in [1.807, 2.05) is 10.9 Å². The maximum Gasteiger partial charge on any atom is 0.123 e. The third kappa shape index (κ3) is 1.74. The highest BCUT2D eigenvalue weighted by Crippen LogP contribution is 2.29. The molecule has 1 aromatic heterocycles. The molecule has 1 aliphatic carbocycles. The zero-order valence-electron chi connectivity index (χ0n) is 9.44. The van der Waals surface area contributed by atoms with Crippen molar-refractivity contribution in [1.29, 1.82) is 0 Å². The molecular formula is C13H14FN3. The summed E-state index contributed by atoms with van der Waals surface area (Å²) in [6.45, 7) is 0. The summed E-state index contributed by atoms with van der Waals surface area (Å²) in [6.07, 6.45) is 5.01. The van der Waals surface area contributed by atoms with Crippen LogP contribution < -0.4 is 5.73 Å². The second-order valence-electron chi connectivity index (χ2n) is 4.44. The molecule has 1 aromatic carbocycles. The zero-order chi connectivity index (χ0) is 11.8. The quantitative estimate of drug-likeness (QED) is 0.818. The average molecular weight is 231 g/mol. The maximum atomic E-state index is 12.9. The Bertz CT molecular complexity index is 530. The molecule has 0 fully saturated rings. The molecule has 0 amide bonds. The van der Waals surface area contributed by atoms with Gasteiger partial charge in [-0.2, -0.15) is 5.10 Å². The number of hydrogen-bond donors (Lipinski definition) is 1. The number of halogens is 1. The lowest BCUT2D eigenvalue weighted by atomic mass is 9.94. The molecule has 0 saturated carbocycles. The van der Waals surface area contributed by atoms with E-state index in [4.69, 9.17) is 5.73 Å². The van der Waals surface area contributed by atoms with E-state index in [-0.39, 0.29) is 11.9 Å². The molecule has 4 heteroatoms. The van der Waals surface area contributed by atoms with Crippen molar-refractivity contribution in [3.8, 4) is 5.69 Å². The Kier molecular flexibility index (Phi) is 2.44. The van der Waals surface area contributed by atoms with Gasteiger partial charge in [0.25, 0.3) is 0 Å². The SMILES string of the molecule is NC1CCCc2cnn(-c3ccc(F)cc3)c21. The van der Waals surface area contributed by atoms with Gasteiger partial charge in [0.05, 0.1) is 17.6 Å². The van der Waals surface area contributed by atoms with Gasteiger partial charge in [-0.3, -0.25) is 0 Å². The van der Waals surface area contributed by atoms with Crippen molar-refractivity contribution in [2.24, 2.45) is 5.73 Å². The van der Waals surface area contributed by atoms with E-state index in [1.165, 1.54) is 17.7 Å². The van der Waals surface area contributed by atoms with Gasteiger partial charge in [-0.05, 0) is 49.1 Å². The first-order valence-corrected chi connectivity index (χ1v) is 5.84. The van der Waals surface area contributed by atoms with Crippen LogP contribution in [0, 0.1) is 5.82 Å². The third-order valence-electron chi connectivity index (χ3n) is 3.27. The highest BCUT2D eigenvalue weighted by Gasteiger charge is 2.22. The standard InChI is InChI=1S/C13H14FN3/c14-10-4-6-11(7-5-10)17-13-9(8-16-17)2-1-3-12(13)15/h4-8,12H,1-3,15H2. The van der Waals surface area contributed by atoms with Gasteiger partial charge >= 0.3 is 0 Å². The molecule has 1 heterocycles. The van der Waals surface area contributed by atoms with Gasteiger partial charge in [-0.15, -0.1) is 0 Å². The maximum absolute atomic E-state index is 12.9. The minimum absolute atomic E-state index is 0.0336.